The van der Waals surface area contributed by atoms with Crippen LogP contribution in [0.3, 0.4) is 0 Å². The van der Waals surface area contributed by atoms with Crippen molar-refractivity contribution in [2.45, 2.75) is 12.8 Å². The Morgan fingerprint density at radius 2 is 2.32 bits per heavy atom. The molecule has 6 nitrogen and oxygen atoms in total. The molecule has 0 unspecified atom stereocenters. The molecule has 0 amide bonds. The molecule has 0 bridgehead atoms. The van der Waals surface area contributed by atoms with Gasteiger partial charge in [-0.25, -0.2) is 4.98 Å². The number of alkyl halides is 1. The Balaban J connectivity index is 2.55. The summed E-state index contributed by atoms with van der Waals surface area (Å²) >= 11 is 5.65. The number of nitro groups is 1. The minimum Gasteiger partial charge on any atom is -0.487 e. The van der Waals surface area contributed by atoms with Crippen LogP contribution >= 0.6 is 11.6 Å². The fraction of sp³-hybridized carbons (Fsp3) is 0.250. The van der Waals surface area contributed by atoms with Crippen LogP contribution in [-0.4, -0.2) is 16.5 Å². The Kier molecular flexibility index (Phi) is 4.01. The van der Waals surface area contributed by atoms with Gasteiger partial charge in [-0.3, -0.25) is 10.1 Å². The van der Waals surface area contributed by atoms with Crippen LogP contribution in [0.15, 0.2) is 28.9 Å². The first-order valence-electron chi connectivity index (χ1n) is 5.58. The molecule has 0 N–H and O–H groups in total. The Morgan fingerprint density at radius 1 is 1.53 bits per heavy atom. The van der Waals surface area contributed by atoms with Crippen LogP contribution in [0, 0.1) is 10.1 Å². The van der Waals surface area contributed by atoms with Gasteiger partial charge in [0.2, 0.25) is 11.6 Å². The molecule has 1 aromatic carbocycles. The molecule has 2 aromatic rings. The highest BCUT2D eigenvalue weighted by Gasteiger charge is 2.22. The van der Waals surface area contributed by atoms with E-state index in [1.165, 1.54) is 12.3 Å². The molecule has 0 fully saturated rings. The summed E-state index contributed by atoms with van der Waals surface area (Å²) in [6, 6.07) is 4.59. The fourth-order valence-electron chi connectivity index (χ4n) is 1.63. The maximum atomic E-state index is 11.0. The maximum absolute atomic E-state index is 11.0. The fourth-order valence-corrected chi connectivity index (χ4v) is 1.75. The summed E-state index contributed by atoms with van der Waals surface area (Å²) < 4.78 is 10.6. The highest BCUT2D eigenvalue weighted by molar-refractivity contribution is 6.16. The van der Waals surface area contributed by atoms with E-state index < -0.39 is 4.92 Å². The SMILES string of the molecule is CCOc1c(-c2nc(CCl)co2)cccc1[N+](=O)[O-]. The topological polar surface area (TPSA) is 78.4 Å². The zero-order valence-electron chi connectivity index (χ0n) is 10.1. The monoisotopic (exact) mass is 282 g/mol. The number of para-hydroxylation sites is 1. The lowest BCUT2D eigenvalue weighted by molar-refractivity contribution is -0.385. The van der Waals surface area contributed by atoms with Crippen molar-refractivity contribution in [2.75, 3.05) is 6.61 Å². The lowest BCUT2D eigenvalue weighted by atomic mass is 10.1. The van der Waals surface area contributed by atoms with Gasteiger partial charge in [-0.05, 0) is 13.0 Å². The molecular formula is C12H11ClN2O4. The van der Waals surface area contributed by atoms with Gasteiger partial charge in [0.25, 0.3) is 0 Å². The number of rotatable bonds is 5. The lowest BCUT2D eigenvalue weighted by Gasteiger charge is -2.07. The number of halogens is 1. The Hall–Kier alpha value is -2.08. The molecule has 1 aromatic heterocycles. The number of benzene rings is 1. The van der Waals surface area contributed by atoms with Crippen LogP contribution in [0.2, 0.25) is 0 Å². The second kappa shape index (κ2) is 5.71. The molecule has 2 rings (SSSR count). The van der Waals surface area contributed by atoms with E-state index in [1.807, 2.05) is 0 Å². The third kappa shape index (κ3) is 2.68. The maximum Gasteiger partial charge on any atom is 0.311 e. The molecule has 0 aliphatic heterocycles. The summed E-state index contributed by atoms with van der Waals surface area (Å²) in [6.07, 6.45) is 1.41. The third-order valence-corrected chi connectivity index (χ3v) is 2.67. The normalized spacial score (nSPS) is 10.4. The van der Waals surface area contributed by atoms with Gasteiger partial charge in [-0.15, -0.1) is 11.6 Å². The van der Waals surface area contributed by atoms with Crippen LogP contribution in [-0.2, 0) is 5.88 Å². The van der Waals surface area contributed by atoms with Crippen molar-refractivity contribution >= 4 is 17.3 Å². The molecule has 19 heavy (non-hydrogen) atoms. The van der Waals surface area contributed by atoms with Gasteiger partial charge in [0.05, 0.1) is 28.7 Å². The number of nitro benzene ring substituents is 1. The van der Waals surface area contributed by atoms with Gasteiger partial charge in [0.15, 0.2) is 0 Å². The highest BCUT2D eigenvalue weighted by Crippen LogP contribution is 2.37. The zero-order chi connectivity index (χ0) is 13.8. The van der Waals surface area contributed by atoms with E-state index in [4.69, 9.17) is 20.8 Å². The first-order chi connectivity index (χ1) is 9.17. The predicted octanol–water partition coefficient (Wildman–Crippen LogP) is 3.39. The minimum absolute atomic E-state index is 0.120. The summed E-state index contributed by atoms with van der Waals surface area (Å²) in [4.78, 5) is 14.6. The van der Waals surface area contributed by atoms with Crippen molar-refractivity contribution in [3.05, 3.63) is 40.3 Å². The number of hydrogen-bond donors (Lipinski definition) is 0. The van der Waals surface area contributed by atoms with Crippen molar-refractivity contribution in [1.82, 2.24) is 4.98 Å². The van der Waals surface area contributed by atoms with E-state index in [-0.39, 0.29) is 23.2 Å². The van der Waals surface area contributed by atoms with Crippen LogP contribution in [0.5, 0.6) is 5.75 Å². The standard InChI is InChI=1S/C12H11ClN2O4/c1-2-18-11-9(4-3-5-10(11)15(16)17)12-14-8(6-13)7-19-12/h3-5,7H,2,6H2,1H3. The molecule has 0 atom stereocenters. The van der Waals surface area contributed by atoms with Crippen molar-refractivity contribution in [3.63, 3.8) is 0 Å². The van der Waals surface area contributed by atoms with Crippen molar-refractivity contribution in [2.24, 2.45) is 0 Å². The quantitative estimate of drug-likeness (QED) is 0.477. The van der Waals surface area contributed by atoms with Crippen molar-refractivity contribution in [3.8, 4) is 17.2 Å². The summed E-state index contributed by atoms with van der Waals surface area (Å²) in [5, 5.41) is 11.0. The number of oxazole rings is 1. The lowest BCUT2D eigenvalue weighted by Crippen LogP contribution is -1.99. The van der Waals surface area contributed by atoms with E-state index >= 15 is 0 Å². The largest absolute Gasteiger partial charge is 0.487 e. The Labute approximate surface area is 114 Å². The zero-order valence-corrected chi connectivity index (χ0v) is 10.9. The predicted molar refractivity (Wildman–Crippen MR) is 69.3 cm³/mol. The smallest absolute Gasteiger partial charge is 0.311 e. The molecule has 0 spiro atoms. The van der Waals surface area contributed by atoms with E-state index in [0.717, 1.165) is 0 Å². The van der Waals surface area contributed by atoms with Gasteiger partial charge in [0, 0.05) is 6.07 Å². The summed E-state index contributed by atoms with van der Waals surface area (Å²) in [6.45, 7) is 2.06. The van der Waals surface area contributed by atoms with Crippen LogP contribution in [0.1, 0.15) is 12.6 Å². The van der Waals surface area contributed by atoms with E-state index in [0.29, 0.717) is 17.9 Å². The van der Waals surface area contributed by atoms with Crippen molar-refractivity contribution in [1.29, 1.82) is 0 Å². The highest BCUT2D eigenvalue weighted by atomic mass is 35.5. The Bertz CT molecular complexity index is 597. The average molecular weight is 283 g/mol. The first-order valence-corrected chi connectivity index (χ1v) is 6.11. The molecule has 7 heteroatoms. The van der Waals surface area contributed by atoms with Gasteiger partial charge >= 0.3 is 5.69 Å². The van der Waals surface area contributed by atoms with Gasteiger partial charge in [-0.2, -0.15) is 0 Å². The second-order valence-electron chi connectivity index (χ2n) is 3.62. The molecule has 1 heterocycles. The van der Waals surface area contributed by atoms with Crippen LogP contribution < -0.4 is 4.74 Å². The summed E-state index contributed by atoms with van der Waals surface area (Å²) in [5.74, 6) is 0.614. The molecular weight excluding hydrogens is 272 g/mol. The molecule has 0 aliphatic carbocycles. The van der Waals surface area contributed by atoms with E-state index in [2.05, 4.69) is 4.98 Å². The number of nitrogens with zero attached hydrogens (tertiary/aromatic N) is 2. The van der Waals surface area contributed by atoms with Crippen LogP contribution in [0.4, 0.5) is 5.69 Å². The summed E-state index contributed by atoms with van der Waals surface area (Å²) in [5.41, 5.74) is 0.878. The molecule has 0 aliphatic rings. The third-order valence-electron chi connectivity index (χ3n) is 2.40. The summed E-state index contributed by atoms with van der Waals surface area (Å²) in [7, 11) is 0. The van der Waals surface area contributed by atoms with E-state index in [1.54, 1.807) is 19.1 Å². The van der Waals surface area contributed by atoms with Gasteiger partial charge in [0.1, 0.15) is 6.26 Å². The first kappa shape index (κ1) is 13.4. The van der Waals surface area contributed by atoms with E-state index in [9.17, 15) is 10.1 Å². The second-order valence-corrected chi connectivity index (χ2v) is 3.89. The van der Waals surface area contributed by atoms with Gasteiger partial charge in [-0.1, -0.05) is 6.07 Å². The number of aromatic nitrogens is 1. The number of ether oxygens (including phenoxy) is 1. The van der Waals surface area contributed by atoms with Gasteiger partial charge < -0.3 is 9.15 Å². The molecule has 0 saturated carbocycles. The molecule has 100 valence electrons. The minimum atomic E-state index is -0.500. The molecule has 0 radical (unpaired) electrons. The average Bonchev–Trinajstić information content (AvgIpc) is 2.87. The number of hydrogen-bond acceptors (Lipinski definition) is 5. The van der Waals surface area contributed by atoms with Crippen LogP contribution in [0.25, 0.3) is 11.5 Å². The van der Waals surface area contributed by atoms with Crippen molar-refractivity contribution < 1.29 is 14.1 Å². The Morgan fingerprint density at radius 3 is 2.89 bits per heavy atom. The molecule has 0 saturated heterocycles.